The van der Waals surface area contributed by atoms with Crippen molar-refractivity contribution in [1.29, 1.82) is 0 Å². The van der Waals surface area contributed by atoms with Crippen LogP contribution in [0.3, 0.4) is 0 Å². The van der Waals surface area contributed by atoms with E-state index in [0.717, 1.165) is 22.4 Å². The van der Waals surface area contributed by atoms with E-state index in [0.29, 0.717) is 18.9 Å². The maximum Gasteiger partial charge on any atom is 0.335 e. The number of anilines is 1. The van der Waals surface area contributed by atoms with Gasteiger partial charge in [-0.1, -0.05) is 12.1 Å². The van der Waals surface area contributed by atoms with Gasteiger partial charge in [-0.15, -0.1) is 0 Å². The quantitative estimate of drug-likeness (QED) is 0.346. The van der Waals surface area contributed by atoms with Crippen molar-refractivity contribution in [1.82, 2.24) is 14.8 Å². The summed E-state index contributed by atoms with van der Waals surface area (Å²) in [6.07, 6.45) is 8.53. The van der Waals surface area contributed by atoms with E-state index in [1.165, 1.54) is 6.08 Å². The Morgan fingerprint density at radius 3 is 2.47 bits per heavy atom. The molecular weight excluding hydrogens is 427 g/mol. The van der Waals surface area contributed by atoms with Crippen LogP contribution < -0.4 is 5.32 Å². The van der Waals surface area contributed by atoms with Crippen LogP contribution in [-0.4, -0.2) is 33.9 Å². The summed E-state index contributed by atoms with van der Waals surface area (Å²) >= 11 is 0. The number of carbonyl (C=O) groups is 1. The first kappa shape index (κ1) is 23.6. The van der Waals surface area contributed by atoms with E-state index in [1.54, 1.807) is 67.5 Å². The number of hydrogen-bond donors (Lipinski definition) is 1. The summed E-state index contributed by atoms with van der Waals surface area (Å²) < 4.78 is 25.1. The second-order valence-electron chi connectivity index (χ2n) is 6.94. The van der Waals surface area contributed by atoms with Gasteiger partial charge in [-0.2, -0.15) is 5.10 Å². The van der Waals surface area contributed by atoms with E-state index < -0.39 is 7.60 Å². The first-order valence-corrected chi connectivity index (χ1v) is 12.1. The lowest BCUT2D eigenvalue weighted by atomic mass is 10.1. The van der Waals surface area contributed by atoms with Crippen LogP contribution in [0.5, 0.6) is 0 Å². The van der Waals surface area contributed by atoms with E-state index in [-0.39, 0.29) is 12.1 Å². The zero-order valence-corrected chi connectivity index (χ0v) is 19.3. The number of aryl methyl sites for hydroxylation is 1. The summed E-state index contributed by atoms with van der Waals surface area (Å²) in [4.78, 5) is 16.5. The maximum atomic E-state index is 12.7. The van der Waals surface area contributed by atoms with Gasteiger partial charge in [0.05, 0.1) is 31.3 Å². The van der Waals surface area contributed by atoms with E-state index in [2.05, 4.69) is 15.4 Å². The monoisotopic (exact) mass is 454 g/mol. The molecule has 32 heavy (non-hydrogen) atoms. The second-order valence-corrected chi connectivity index (χ2v) is 8.99. The van der Waals surface area contributed by atoms with Gasteiger partial charge in [0, 0.05) is 42.3 Å². The Hall–Kier alpha value is -3.06. The third-order valence-electron chi connectivity index (χ3n) is 4.57. The van der Waals surface area contributed by atoms with Crippen molar-refractivity contribution in [3.63, 3.8) is 0 Å². The number of nitrogens with one attached hydrogen (secondary N) is 1. The fraction of sp³-hybridized carbons (Fsp3) is 0.261. The van der Waals surface area contributed by atoms with E-state index in [9.17, 15) is 9.36 Å². The van der Waals surface area contributed by atoms with E-state index in [1.807, 2.05) is 19.2 Å². The van der Waals surface area contributed by atoms with Crippen molar-refractivity contribution in [2.45, 2.75) is 20.0 Å². The summed E-state index contributed by atoms with van der Waals surface area (Å²) in [6.45, 7) is 4.19. The molecular formula is C23H27N4O4P. The van der Waals surface area contributed by atoms with Crippen LogP contribution in [0.2, 0.25) is 0 Å². The maximum absolute atomic E-state index is 12.7. The van der Waals surface area contributed by atoms with Gasteiger partial charge in [0.2, 0.25) is 5.91 Å². The number of hydrogen-bond acceptors (Lipinski definition) is 6. The van der Waals surface area contributed by atoms with Gasteiger partial charge in [0.25, 0.3) is 0 Å². The molecule has 0 bridgehead atoms. The van der Waals surface area contributed by atoms with Crippen LogP contribution in [0.1, 0.15) is 25.0 Å². The molecule has 9 heteroatoms. The van der Waals surface area contributed by atoms with Crippen LogP contribution in [0, 0.1) is 0 Å². The Kier molecular flexibility index (Phi) is 8.11. The molecule has 0 saturated carbocycles. The molecule has 3 rings (SSSR count). The molecule has 0 unspecified atom stereocenters. The molecule has 3 aromatic rings. The highest BCUT2D eigenvalue weighted by Crippen LogP contribution is 2.51. The minimum Gasteiger partial charge on any atom is -0.323 e. The second kappa shape index (κ2) is 11.0. The average molecular weight is 454 g/mol. The zero-order chi connectivity index (χ0) is 23.0. The van der Waals surface area contributed by atoms with E-state index >= 15 is 0 Å². The predicted molar refractivity (Wildman–Crippen MR) is 125 cm³/mol. The summed E-state index contributed by atoms with van der Waals surface area (Å²) in [5.74, 6) is -0.270. The first-order valence-electron chi connectivity index (χ1n) is 10.3. The predicted octanol–water partition coefficient (Wildman–Crippen LogP) is 4.90. The normalized spacial score (nSPS) is 11.7. The number of pyridine rings is 1. The van der Waals surface area contributed by atoms with Gasteiger partial charge < -0.3 is 14.4 Å². The fourth-order valence-corrected chi connectivity index (χ4v) is 4.92. The molecule has 0 fully saturated rings. The molecule has 2 aromatic heterocycles. The Balaban J connectivity index is 1.65. The van der Waals surface area contributed by atoms with Gasteiger partial charge in [0.1, 0.15) is 0 Å². The van der Waals surface area contributed by atoms with Crippen molar-refractivity contribution in [3.05, 3.63) is 72.2 Å². The van der Waals surface area contributed by atoms with Crippen molar-refractivity contribution >= 4 is 25.3 Å². The number of benzene rings is 1. The van der Waals surface area contributed by atoms with Crippen LogP contribution in [0.25, 0.3) is 17.3 Å². The number of aromatic nitrogens is 3. The summed E-state index contributed by atoms with van der Waals surface area (Å²) in [7, 11) is -1.32. The smallest absolute Gasteiger partial charge is 0.323 e. The Labute approximate surface area is 187 Å². The van der Waals surface area contributed by atoms with Gasteiger partial charge in [-0.3, -0.25) is 19.0 Å². The minimum absolute atomic E-state index is 0.181. The molecule has 0 spiro atoms. The van der Waals surface area contributed by atoms with Crippen molar-refractivity contribution in [2.24, 2.45) is 7.05 Å². The lowest BCUT2D eigenvalue weighted by Gasteiger charge is -2.17. The van der Waals surface area contributed by atoms with Crippen molar-refractivity contribution in [3.8, 4) is 11.3 Å². The van der Waals surface area contributed by atoms with Gasteiger partial charge in [-0.05, 0) is 49.8 Å². The average Bonchev–Trinajstić information content (AvgIpc) is 3.15. The number of rotatable bonds is 10. The summed E-state index contributed by atoms with van der Waals surface area (Å²) in [5, 5.41) is 7.10. The lowest BCUT2D eigenvalue weighted by molar-refractivity contribution is -0.111. The summed E-state index contributed by atoms with van der Waals surface area (Å²) in [5.41, 5.74) is 4.04. The fourth-order valence-electron chi connectivity index (χ4n) is 3.22. The molecule has 1 amide bonds. The van der Waals surface area contributed by atoms with Crippen LogP contribution in [-0.2, 0) is 31.6 Å². The number of nitrogens with zero attached hydrogens (tertiary/aromatic N) is 3. The highest BCUT2D eigenvalue weighted by molar-refractivity contribution is 7.53. The molecule has 1 N–H and O–H groups in total. The number of carbonyl (C=O) groups excluding carboxylic acids is 1. The molecule has 0 aliphatic carbocycles. The lowest BCUT2D eigenvalue weighted by Crippen LogP contribution is -2.07. The number of amides is 1. The van der Waals surface area contributed by atoms with Gasteiger partial charge in [0.15, 0.2) is 0 Å². The SMILES string of the molecule is CCOP(=O)(Cc1ccc(NC(=O)/C=C/c2cnn(C)c2-c2cccnc2)cc1)OCC. The van der Waals surface area contributed by atoms with Crippen LogP contribution >= 0.6 is 7.60 Å². The molecule has 0 aliphatic rings. The Morgan fingerprint density at radius 2 is 1.84 bits per heavy atom. The molecule has 0 aliphatic heterocycles. The molecule has 8 nitrogen and oxygen atoms in total. The standard InChI is InChI=1S/C23H27N4O4P/c1-4-30-32(29,31-5-2)17-18-8-11-21(12-9-18)26-22(28)13-10-20-16-25-27(3)23(20)19-7-6-14-24-15-19/h6-16H,4-5,17H2,1-3H3,(H,26,28)/b13-10+. The third-order valence-corrected chi connectivity index (χ3v) is 6.62. The van der Waals surface area contributed by atoms with Crippen molar-refractivity contribution < 1.29 is 18.4 Å². The molecule has 1 aromatic carbocycles. The van der Waals surface area contributed by atoms with Crippen LogP contribution in [0.4, 0.5) is 5.69 Å². The molecule has 0 saturated heterocycles. The minimum atomic E-state index is -3.17. The molecule has 2 heterocycles. The van der Waals surface area contributed by atoms with Gasteiger partial charge >= 0.3 is 7.60 Å². The first-order chi connectivity index (χ1) is 15.4. The highest BCUT2D eigenvalue weighted by Gasteiger charge is 2.23. The van der Waals surface area contributed by atoms with Crippen molar-refractivity contribution in [2.75, 3.05) is 18.5 Å². The molecule has 0 radical (unpaired) electrons. The van der Waals surface area contributed by atoms with E-state index in [4.69, 9.17) is 9.05 Å². The molecule has 168 valence electrons. The third kappa shape index (κ3) is 6.23. The zero-order valence-electron chi connectivity index (χ0n) is 18.4. The van der Waals surface area contributed by atoms with Crippen LogP contribution in [0.15, 0.2) is 61.1 Å². The topological polar surface area (TPSA) is 95.3 Å². The highest BCUT2D eigenvalue weighted by atomic mass is 31.2. The van der Waals surface area contributed by atoms with Gasteiger partial charge in [-0.25, -0.2) is 0 Å². The Morgan fingerprint density at radius 1 is 1.12 bits per heavy atom. The molecule has 0 atom stereocenters. The summed E-state index contributed by atoms with van der Waals surface area (Å²) in [6, 6.07) is 10.9. The Bertz CT molecular complexity index is 1100. The largest absolute Gasteiger partial charge is 0.335 e.